The van der Waals surface area contributed by atoms with E-state index in [2.05, 4.69) is 26.2 Å². The normalized spacial score (nSPS) is 12.2. The predicted octanol–water partition coefficient (Wildman–Crippen LogP) is 4.08. The third-order valence-corrected chi connectivity index (χ3v) is 3.34. The van der Waals surface area contributed by atoms with Gasteiger partial charge in [0.05, 0.1) is 5.69 Å². The highest BCUT2D eigenvalue weighted by molar-refractivity contribution is 9.10. The van der Waals surface area contributed by atoms with E-state index in [1.54, 1.807) is 18.3 Å². The number of hydrogen-bond acceptors (Lipinski definition) is 4. The smallest absolute Gasteiger partial charge is 0.152 e. The zero-order valence-corrected chi connectivity index (χ0v) is 12.4. The topological polar surface area (TPSA) is 65.4 Å². The highest BCUT2D eigenvalue weighted by atomic mass is 79.9. The summed E-state index contributed by atoms with van der Waals surface area (Å²) in [4.78, 5) is 4.02. The van der Waals surface area contributed by atoms with Crippen LogP contribution in [0.3, 0.4) is 0 Å². The number of pyridine rings is 1. The Morgan fingerprint density at radius 1 is 1.21 bits per heavy atom. The van der Waals surface area contributed by atoms with Crippen molar-refractivity contribution in [1.29, 1.82) is 0 Å². The second-order valence-electron chi connectivity index (χ2n) is 4.14. The van der Waals surface area contributed by atoms with Crippen LogP contribution in [0.2, 0.25) is 5.15 Å². The SMILES string of the molecule is CC(Nc1cc(Br)cnc1Cl)c1cc(O)cc(O)c1. The van der Waals surface area contributed by atoms with E-state index in [1.165, 1.54) is 6.07 Å². The van der Waals surface area contributed by atoms with E-state index in [9.17, 15) is 10.2 Å². The number of phenolic OH excluding ortho intramolecular Hbond substituents is 2. The Bertz CT molecular complexity index is 587. The summed E-state index contributed by atoms with van der Waals surface area (Å²) in [7, 11) is 0. The Morgan fingerprint density at radius 2 is 1.84 bits per heavy atom. The maximum Gasteiger partial charge on any atom is 0.152 e. The van der Waals surface area contributed by atoms with Crippen molar-refractivity contribution in [2.24, 2.45) is 0 Å². The number of rotatable bonds is 3. The van der Waals surface area contributed by atoms with Crippen LogP contribution < -0.4 is 5.32 Å². The molecule has 2 rings (SSSR count). The molecule has 1 heterocycles. The zero-order valence-electron chi connectivity index (χ0n) is 10.1. The molecule has 0 aliphatic carbocycles. The fourth-order valence-corrected chi connectivity index (χ4v) is 2.20. The van der Waals surface area contributed by atoms with E-state index in [1.807, 2.05) is 13.0 Å². The molecule has 3 N–H and O–H groups in total. The first-order valence-electron chi connectivity index (χ1n) is 5.56. The summed E-state index contributed by atoms with van der Waals surface area (Å²) in [5.74, 6) is 0.0317. The summed E-state index contributed by atoms with van der Waals surface area (Å²) in [6.45, 7) is 1.89. The molecule has 0 aliphatic rings. The molecule has 0 amide bonds. The van der Waals surface area contributed by atoms with E-state index in [4.69, 9.17) is 11.6 Å². The lowest BCUT2D eigenvalue weighted by atomic mass is 10.1. The largest absolute Gasteiger partial charge is 0.508 e. The molecule has 1 unspecified atom stereocenters. The molecule has 2 aromatic rings. The molecular formula is C13H12BrClN2O2. The molecule has 1 aromatic carbocycles. The van der Waals surface area contributed by atoms with Crippen LogP contribution in [0, 0.1) is 0 Å². The van der Waals surface area contributed by atoms with Crippen molar-refractivity contribution in [2.75, 3.05) is 5.32 Å². The van der Waals surface area contributed by atoms with Crippen LogP contribution in [0.5, 0.6) is 11.5 Å². The summed E-state index contributed by atoms with van der Waals surface area (Å²) in [5, 5.41) is 22.5. The van der Waals surface area contributed by atoms with Crippen molar-refractivity contribution in [3.63, 3.8) is 0 Å². The molecule has 0 bridgehead atoms. The van der Waals surface area contributed by atoms with Gasteiger partial charge in [-0.2, -0.15) is 0 Å². The number of aromatic hydroxyl groups is 2. The minimum absolute atomic E-state index is 0.0158. The van der Waals surface area contributed by atoms with Crippen molar-refractivity contribution < 1.29 is 10.2 Å². The first kappa shape index (κ1) is 14.0. The molecule has 1 aromatic heterocycles. The van der Waals surface area contributed by atoms with Gasteiger partial charge < -0.3 is 15.5 Å². The maximum absolute atomic E-state index is 9.47. The number of halogens is 2. The van der Waals surface area contributed by atoms with E-state index in [-0.39, 0.29) is 17.5 Å². The molecule has 19 heavy (non-hydrogen) atoms. The number of nitrogens with zero attached hydrogens (tertiary/aromatic N) is 1. The van der Waals surface area contributed by atoms with E-state index in [0.29, 0.717) is 10.8 Å². The fraction of sp³-hybridized carbons (Fsp3) is 0.154. The Labute approximate surface area is 124 Å². The number of benzene rings is 1. The third kappa shape index (κ3) is 3.52. The number of aromatic nitrogens is 1. The molecular weight excluding hydrogens is 332 g/mol. The van der Waals surface area contributed by atoms with Crippen LogP contribution in [0.15, 0.2) is 34.9 Å². The van der Waals surface area contributed by atoms with Gasteiger partial charge in [0.25, 0.3) is 0 Å². The average Bonchev–Trinajstić information content (AvgIpc) is 2.32. The van der Waals surface area contributed by atoms with Crippen molar-refractivity contribution in [1.82, 2.24) is 4.98 Å². The molecule has 0 aliphatic heterocycles. The molecule has 6 heteroatoms. The fourth-order valence-electron chi connectivity index (χ4n) is 1.71. The van der Waals surface area contributed by atoms with Gasteiger partial charge in [-0.25, -0.2) is 4.98 Å². The van der Waals surface area contributed by atoms with E-state index < -0.39 is 0 Å². The monoisotopic (exact) mass is 342 g/mol. The van der Waals surface area contributed by atoms with Gasteiger partial charge in [0.1, 0.15) is 11.5 Å². The van der Waals surface area contributed by atoms with Gasteiger partial charge in [0.2, 0.25) is 0 Å². The van der Waals surface area contributed by atoms with Gasteiger partial charge >= 0.3 is 0 Å². The van der Waals surface area contributed by atoms with Gasteiger partial charge in [-0.3, -0.25) is 0 Å². The zero-order chi connectivity index (χ0) is 14.0. The number of nitrogens with one attached hydrogen (secondary N) is 1. The summed E-state index contributed by atoms with van der Waals surface area (Å²) in [6.07, 6.45) is 1.61. The van der Waals surface area contributed by atoms with Crippen molar-refractivity contribution in [3.05, 3.63) is 45.7 Å². The van der Waals surface area contributed by atoms with Crippen molar-refractivity contribution in [2.45, 2.75) is 13.0 Å². The number of anilines is 1. The summed E-state index contributed by atoms with van der Waals surface area (Å²) in [5.41, 5.74) is 1.42. The Hall–Kier alpha value is -1.46. The number of hydrogen-bond donors (Lipinski definition) is 3. The van der Waals surface area contributed by atoms with Crippen LogP contribution in [-0.2, 0) is 0 Å². The Morgan fingerprint density at radius 3 is 2.47 bits per heavy atom. The number of phenols is 2. The highest BCUT2D eigenvalue weighted by Gasteiger charge is 2.11. The van der Waals surface area contributed by atoms with Gasteiger partial charge in [0, 0.05) is 22.8 Å². The minimum Gasteiger partial charge on any atom is -0.508 e. The molecule has 0 saturated heterocycles. The lowest BCUT2D eigenvalue weighted by molar-refractivity contribution is 0.448. The highest BCUT2D eigenvalue weighted by Crippen LogP contribution is 2.30. The minimum atomic E-state index is -0.147. The molecule has 0 saturated carbocycles. The standard InChI is InChI=1S/C13H12BrClN2O2/c1-7(8-2-10(18)5-11(19)3-8)17-12-4-9(14)6-16-13(12)15/h2-7,17-19H,1H3. The average molecular weight is 344 g/mol. The maximum atomic E-state index is 9.47. The second-order valence-corrected chi connectivity index (χ2v) is 5.41. The molecule has 0 fully saturated rings. The lowest BCUT2D eigenvalue weighted by Crippen LogP contribution is -2.07. The van der Waals surface area contributed by atoms with Gasteiger partial charge in [-0.1, -0.05) is 11.6 Å². The van der Waals surface area contributed by atoms with Crippen LogP contribution in [0.4, 0.5) is 5.69 Å². The van der Waals surface area contributed by atoms with Crippen LogP contribution in [0.1, 0.15) is 18.5 Å². The molecule has 100 valence electrons. The summed E-state index contributed by atoms with van der Waals surface area (Å²) >= 11 is 9.32. The Balaban J connectivity index is 2.25. The van der Waals surface area contributed by atoms with E-state index >= 15 is 0 Å². The van der Waals surface area contributed by atoms with Crippen molar-refractivity contribution in [3.8, 4) is 11.5 Å². The van der Waals surface area contributed by atoms with Crippen LogP contribution >= 0.6 is 27.5 Å². The molecule has 4 nitrogen and oxygen atoms in total. The van der Waals surface area contributed by atoms with Crippen molar-refractivity contribution >= 4 is 33.2 Å². The van der Waals surface area contributed by atoms with Gasteiger partial charge in [0.15, 0.2) is 5.15 Å². The Kier molecular flexibility index (Phi) is 4.17. The quantitative estimate of drug-likeness (QED) is 0.735. The van der Waals surface area contributed by atoms with Crippen LogP contribution in [-0.4, -0.2) is 15.2 Å². The molecule has 0 radical (unpaired) electrons. The van der Waals surface area contributed by atoms with E-state index in [0.717, 1.165) is 10.0 Å². The van der Waals surface area contributed by atoms with Gasteiger partial charge in [-0.15, -0.1) is 0 Å². The first-order chi connectivity index (χ1) is 8.95. The third-order valence-electron chi connectivity index (χ3n) is 2.60. The molecule has 0 spiro atoms. The van der Waals surface area contributed by atoms with Gasteiger partial charge in [-0.05, 0) is 46.6 Å². The molecule has 1 atom stereocenters. The first-order valence-corrected chi connectivity index (χ1v) is 6.73. The predicted molar refractivity (Wildman–Crippen MR) is 78.8 cm³/mol. The lowest BCUT2D eigenvalue weighted by Gasteiger charge is -2.17. The summed E-state index contributed by atoms with van der Waals surface area (Å²) in [6, 6.07) is 6.11. The second kappa shape index (κ2) is 5.67. The summed E-state index contributed by atoms with van der Waals surface area (Å²) < 4.78 is 0.811. The van der Waals surface area contributed by atoms with Crippen LogP contribution in [0.25, 0.3) is 0 Å².